The highest BCUT2D eigenvalue weighted by molar-refractivity contribution is 14.1. The molecule has 0 aromatic carbocycles. The second-order valence-corrected chi connectivity index (χ2v) is 7.36. The number of hydrogen-bond acceptors (Lipinski definition) is 6. The quantitative estimate of drug-likeness (QED) is 0.586. The van der Waals surface area contributed by atoms with Gasteiger partial charge in [-0.05, 0) is 48.3 Å². The Bertz CT molecular complexity index is 666. The summed E-state index contributed by atoms with van der Waals surface area (Å²) in [5, 5.41) is 9.25. The largest absolute Gasteiger partial charge is 0.463 e. The zero-order chi connectivity index (χ0) is 15.0. The van der Waals surface area contributed by atoms with Gasteiger partial charge in [-0.1, -0.05) is 22.9 Å². The van der Waals surface area contributed by atoms with Crippen LogP contribution >= 0.6 is 45.5 Å². The topological polar surface area (TPSA) is 68.5 Å². The summed E-state index contributed by atoms with van der Waals surface area (Å²) in [6.07, 6.45) is 3.79. The summed E-state index contributed by atoms with van der Waals surface area (Å²) in [6.45, 7) is 1.46. The zero-order valence-electron chi connectivity index (χ0n) is 11.3. The summed E-state index contributed by atoms with van der Waals surface area (Å²) < 4.78 is 7.82. The third-order valence-electron chi connectivity index (χ3n) is 3.44. The Morgan fingerprint density at radius 1 is 1.48 bits per heavy atom. The lowest BCUT2D eigenvalue weighted by Gasteiger charge is -2.28. The van der Waals surface area contributed by atoms with Crippen molar-refractivity contribution < 1.29 is 9.53 Å². The standard InChI is InChI=1S/C12H14ClIN4O2S/c1-6(19)20-8-4-2-7(3-5-8)15-11-17-18-10(14)9(13)16-12(18)21-11/h7-8H,2-5H2,1H3,(H,15,17)/t7-,8-. The Kier molecular flexibility index (Phi) is 4.55. The molecule has 0 radical (unpaired) electrons. The number of esters is 1. The van der Waals surface area contributed by atoms with Crippen LogP contribution in [0.1, 0.15) is 32.6 Å². The van der Waals surface area contributed by atoms with Crippen LogP contribution in [0.3, 0.4) is 0 Å². The molecule has 0 unspecified atom stereocenters. The van der Waals surface area contributed by atoms with E-state index in [1.54, 1.807) is 4.52 Å². The number of nitrogens with zero attached hydrogens (tertiary/aromatic N) is 3. The first-order chi connectivity index (χ1) is 10.0. The molecule has 1 aliphatic rings. The van der Waals surface area contributed by atoms with E-state index in [4.69, 9.17) is 16.3 Å². The Morgan fingerprint density at radius 2 is 2.19 bits per heavy atom. The number of carbonyl (C=O) groups excluding carboxylic acids is 1. The zero-order valence-corrected chi connectivity index (χ0v) is 15.0. The highest BCUT2D eigenvalue weighted by Gasteiger charge is 2.24. The monoisotopic (exact) mass is 440 g/mol. The van der Waals surface area contributed by atoms with Gasteiger partial charge in [0.15, 0.2) is 5.15 Å². The van der Waals surface area contributed by atoms with Crippen molar-refractivity contribution in [3.05, 3.63) is 8.85 Å². The Labute approximate surface area is 144 Å². The molecule has 1 aliphatic carbocycles. The van der Waals surface area contributed by atoms with Crippen molar-refractivity contribution in [2.75, 3.05) is 5.32 Å². The van der Waals surface area contributed by atoms with E-state index in [-0.39, 0.29) is 12.1 Å². The van der Waals surface area contributed by atoms with Crippen molar-refractivity contribution in [1.29, 1.82) is 0 Å². The summed E-state index contributed by atoms with van der Waals surface area (Å²) in [6, 6.07) is 0.362. The Hall–Kier alpha value is -0.610. The normalized spacial score (nSPS) is 22.4. The maximum atomic E-state index is 10.9. The molecule has 0 amide bonds. The summed E-state index contributed by atoms with van der Waals surface area (Å²) in [5.41, 5.74) is 0. The SMILES string of the molecule is CC(=O)O[C@H]1CC[C@H](Nc2nn3c(I)c(Cl)nc3s2)CC1. The van der Waals surface area contributed by atoms with Gasteiger partial charge in [-0.2, -0.15) is 4.52 Å². The molecule has 9 heteroatoms. The van der Waals surface area contributed by atoms with Crippen LogP contribution in [0.4, 0.5) is 5.13 Å². The molecule has 1 N–H and O–H groups in total. The predicted octanol–water partition coefficient (Wildman–Crippen LogP) is 3.34. The Balaban J connectivity index is 1.60. The maximum absolute atomic E-state index is 10.9. The smallest absolute Gasteiger partial charge is 0.302 e. The van der Waals surface area contributed by atoms with Crippen LogP contribution in [0.15, 0.2) is 0 Å². The van der Waals surface area contributed by atoms with E-state index in [1.807, 2.05) is 0 Å². The molecule has 1 fully saturated rings. The van der Waals surface area contributed by atoms with E-state index in [2.05, 4.69) is 38.0 Å². The van der Waals surface area contributed by atoms with Crippen LogP contribution in [0.2, 0.25) is 5.15 Å². The molecular formula is C12H14ClIN4O2S. The van der Waals surface area contributed by atoms with Gasteiger partial charge in [0, 0.05) is 13.0 Å². The summed E-state index contributed by atoms with van der Waals surface area (Å²) in [4.78, 5) is 16.0. The van der Waals surface area contributed by atoms with Crippen LogP contribution in [-0.2, 0) is 9.53 Å². The van der Waals surface area contributed by atoms with Gasteiger partial charge in [-0.15, -0.1) is 5.10 Å². The second kappa shape index (κ2) is 6.25. The molecule has 0 saturated heterocycles. The van der Waals surface area contributed by atoms with Gasteiger partial charge in [0.1, 0.15) is 9.80 Å². The van der Waals surface area contributed by atoms with Crippen molar-refractivity contribution in [3.8, 4) is 0 Å². The molecule has 6 nitrogen and oxygen atoms in total. The maximum Gasteiger partial charge on any atom is 0.302 e. The fourth-order valence-corrected chi connectivity index (χ4v) is 4.20. The average Bonchev–Trinajstić information content (AvgIpc) is 2.92. The molecule has 1 saturated carbocycles. The van der Waals surface area contributed by atoms with Crippen LogP contribution in [-0.4, -0.2) is 32.7 Å². The van der Waals surface area contributed by atoms with Gasteiger partial charge in [-0.3, -0.25) is 4.79 Å². The van der Waals surface area contributed by atoms with E-state index < -0.39 is 0 Å². The number of aromatic nitrogens is 3. The van der Waals surface area contributed by atoms with E-state index in [0.29, 0.717) is 11.2 Å². The minimum absolute atomic E-state index is 0.0638. The lowest BCUT2D eigenvalue weighted by Crippen LogP contribution is -2.30. The molecule has 0 aliphatic heterocycles. The Morgan fingerprint density at radius 3 is 2.81 bits per heavy atom. The van der Waals surface area contributed by atoms with Gasteiger partial charge in [0.05, 0.1) is 0 Å². The highest BCUT2D eigenvalue weighted by atomic mass is 127. The first-order valence-electron chi connectivity index (χ1n) is 6.67. The van der Waals surface area contributed by atoms with Gasteiger partial charge in [0.25, 0.3) is 0 Å². The number of halogens is 2. The number of imidazole rings is 1. The lowest BCUT2D eigenvalue weighted by molar-refractivity contribution is -0.147. The molecule has 0 atom stereocenters. The molecular weight excluding hydrogens is 427 g/mol. The van der Waals surface area contributed by atoms with Gasteiger partial charge >= 0.3 is 5.97 Å². The molecule has 0 spiro atoms. The van der Waals surface area contributed by atoms with Crippen molar-refractivity contribution in [2.24, 2.45) is 0 Å². The molecule has 0 bridgehead atoms. The number of anilines is 1. The predicted molar refractivity (Wildman–Crippen MR) is 90.0 cm³/mol. The van der Waals surface area contributed by atoms with Crippen molar-refractivity contribution >= 4 is 61.6 Å². The highest BCUT2D eigenvalue weighted by Crippen LogP contribution is 2.29. The molecule has 2 aromatic heterocycles. The van der Waals surface area contributed by atoms with E-state index >= 15 is 0 Å². The molecule has 21 heavy (non-hydrogen) atoms. The number of hydrogen-bond donors (Lipinski definition) is 1. The number of rotatable bonds is 3. The van der Waals surface area contributed by atoms with Gasteiger partial charge in [-0.25, -0.2) is 4.98 Å². The summed E-state index contributed by atoms with van der Waals surface area (Å²) in [7, 11) is 0. The fraction of sp³-hybridized carbons (Fsp3) is 0.583. The van der Waals surface area contributed by atoms with E-state index in [9.17, 15) is 4.79 Å². The number of ether oxygens (including phenoxy) is 1. The van der Waals surface area contributed by atoms with Crippen molar-refractivity contribution in [3.63, 3.8) is 0 Å². The van der Waals surface area contributed by atoms with Crippen molar-refractivity contribution in [2.45, 2.75) is 44.8 Å². The number of fused-ring (bicyclic) bond motifs is 1. The second-order valence-electron chi connectivity index (χ2n) is 5.02. The molecule has 2 heterocycles. The fourth-order valence-electron chi connectivity index (χ4n) is 2.49. The minimum atomic E-state index is -0.195. The average molecular weight is 441 g/mol. The van der Waals surface area contributed by atoms with Gasteiger partial charge < -0.3 is 10.1 Å². The lowest BCUT2D eigenvalue weighted by atomic mass is 9.93. The minimum Gasteiger partial charge on any atom is -0.463 e. The van der Waals surface area contributed by atoms with E-state index in [0.717, 1.165) is 39.5 Å². The first-order valence-corrected chi connectivity index (χ1v) is 8.94. The molecule has 2 aromatic rings. The van der Waals surface area contributed by atoms with Gasteiger partial charge in [0.2, 0.25) is 10.1 Å². The van der Waals surface area contributed by atoms with Crippen LogP contribution < -0.4 is 5.32 Å². The van der Waals surface area contributed by atoms with Crippen LogP contribution in [0.5, 0.6) is 0 Å². The third-order valence-corrected chi connectivity index (χ3v) is 5.83. The van der Waals surface area contributed by atoms with Crippen LogP contribution in [0, 0.1) is 3.70 Å². The van der Waals surface area contributed by atoms with Crippen molar-refractivity contribution in [1.82, 2.24) is 14.6 Å². The first kappa shape index (κ1) is 15.3. The molecule has 3 rings (SSSR count). The summed E-state index contributed by atoms with van der Waals surface area (Å²) in [5.74, 6) is -0.195. The third kappa shape index (κ3) is 3.42. The summed E-state index contributed by atoms with van der Waals surface area (Å²) >= 11 is 9.59. The number of carbonyl (C=O) groups is 1. The molecule has 114 valence electrons. The number of nitrogens with one attached hydrogen (secondary N) is 1. The van der Waals surface area contributed by atoms with Crippen LogP contribution in [0.25, 0.3) is 4.96 Å². The van der Waals surface area contributed by atoms with E-state index in [1.165, 1.54) is 18.3 Å².